The van der Waals surface area contributed by atoms with Crippen molar-refractivity contribution < 1.29 is 17.2 Å². The average molecular weight is 541 g/mol. The van der Waals surface area contributed by atoms with Crippen molar-refractivity contribution in [2.75, 3.05) is 5.32 Å². The second kappa shape index (κ2) is 9.97. The van der Waals surface area contributed by atoms with Crippen molar-refractivity contribution in [1.29, 1.82) is 5.41 Å². The molecule has 38 heavy (non-hydrogen) atoms. The van der Waals surface area contributed by atoms with Crippen LogP contribution in [0.5, 0.6) is 0 Å². The third-order valence-corrected chi connectivity index (χ3v) is 8.18. The zero-order valence-electron chi connectivity index (χ0n) is 20.4. The van der Waals surface area contributed by atoms with Gasteiger partial charge in [0.25, 0.3) is 10.0 Å². The van der Waals surface area contributed by atoms with Gasteiger partial charge in [-0.2, -0.15) is 0 Å². The van der Waals surface area contributed by atoms with Gasteiger partial charge in [-0.25, -0.2) is 36.1 Å². The van der Waals surface area contributed by atoms with E-state index in [-0.39, 0.29) is 51.2 Å². The zero-order valence-corrected chi connectivity index (χ0v) is 21.3. The summed E-state index contributed by atoms with van der Waals surface area (Å²) < 4.78 is 56.9. The van der Waals surface area contributed by atoms with E-state index in [1.165, 1.54) is 18.3 Å². The molecule has 1 aliphatic rings. The van der Waals surface area contributed by atoms with Crippen LogP contribution in [0, 0.1) is 24.0 Å². The van der Waals surface area contributed by atoms with E-state index in [2.05, 4.69) is 25.6 Å². The molecule has 0 saturated heterocycles. The van der Waals surface area contributed by atoms with Gasteiger partial charge in [-0.05, 0) is 50.8 Å². The summed E-state index contributed by atoms with van der Waals surface area (Å²) in [5.41, 5.74) is 6.53. The molecule has 0 amide bonds. The number of nitrogens with one attached hydrogen (secondary N) is 3. The van der Waals surface area contributed by atoms with Crippen LogP contribution < -0.4 is 16.4 Å². The standard InChI is InChI=1S/C25H26F2N8O2S/c1-14-5-7-18(8-6-14)38(36,37)35-13-20(19-9-15(26)11-31-24(19)35)22-30-12-21(27)23(34-22)32-16-3-2-4-17(10-16)33-25(28)29/h5-9,11-13,16-17H,2-4,10H2,1H3,(H4,28,29,33)(H,30,32,34)/t16?,17-/m1/s1. The van der Waals surface area contributed by atoms with Crippen LogP contribution in [-0.2, 0) is 10.0 Å². The molecular formula is C25H26F2N8O2S. The maximum absolute atomic E-state index is 14.7. The number of aryl methyl sites for hydroxylation is 1. The van der Waals surface area contributed by atoms with Crippen molar-refractivity contribution in [1.82, 2.24) is 24.2 Å². The predicted molar refractivity (Wildman–Crippen MR) is 139 cm³/mol. The molecule has 1 aromatic carbocycles. The van der Waals surface area contributed by atoms with Crippen molar-refractivity contribution in [2.24, 2.45) is 5.73 Å². The third-order valence-electron chi connectivity index (χ3n) is 6.52. The normalized spacial score (nSPS) is 17.9. The number of nitrogens with zero attached hydrogens (tertiary/aromatic N) is 4. The molecule has 3 heterocycles. The third kappa shape index (κ3) is 5.01. The number of halogens is 2. The van der Waals surface area contributed by atoms with Crippen LogP contribution in [0.15, 0.2) is 53.8 Å². The molecule has 10 nitrogen and oxygen atoms in total. The lowest BCUT2D eigenvalue weighted by atomic mass is 9.91. The molecule has 5 rings (SSSR count). The minimum Gasteiger partial charge on any atom is -0.370 e. The Bertz CT molecular complexity index is 1620. The molecule has 1 aliphatic carbocycles. The Morgan fingerprint density at radius 3 is 2.61 bits per heavy atom. The first kappa shape index (κ1) is 25.5. The minimum absolute atomic E-state index is 0.00478. The van der Waals surface area contributed by atoms with Crippen molar-refractivity contribution in [3.63, 3.8) is 0 Å². The fraction of sp³-hybridized carbons (Fsp3) is 0.280. The molecule has 13 heteroatoms. The molecule has 1 unspecified atom stereocenters. The first-order valence-electron chi connectivity index (χ1n) is 12.0. The smallest absolute Gasteiger partial charge is 0.269 e. The van der Waals surface area contributed by atoms with Gasteiger partial charge < -0.3 is 16.4 Å². The van der Waals surface area contributed by atoms with Gasteiger partial charge in [0.1, 0.15) is 5.82 Å². The average Bonchev–Trinajstić information content (AvgIpc) is 3.25. The van der Waals surface area contributed by atoms with E-state index in [0.717, 1.165) is 47.3 Å². The highest BCUT2D eigenvalue weighted by molar-refractivity contribution is 7.90. The van der Waals surface area contributed by atoms with Crippen LogP contribution >= 0.6 is 0 Å². The molecule has 0 spiro atoms. The summed E-state index contributed by atoms with van der Waals surface area (Å²) in [5, 5.41) is 13.6. The SMILES string of the molecule is Cc1ccc(S(=O)(=O)n2cc(-c3ncc(F)c(NC4CCC[C@@H](NC(=N)N)C4)n3)c3cc(F)cnc32)cc1. The van der Waals surface area contributed by atoms with E-state index >= 15 is 0 Å². The topological polar surface area (TPSA) is 152 Å². The number of pyridine rings is 1. The number of rotatable bonds is 6. The van der Waals surface area contributed by atoms with Crippen LogP contribution in [0.2, 0.25) is 0 Å². The number of anilines is 1. The first-order valence-corrected chi connectivity index (χ1v) is 13.4. The van der Waals surface area contributed by atoms with E-state index in [1.54, 1.807) is 12.1 Å². The lowest BCUT2D eigenvalue weighted by molar-refractivity contribution is 0.383. The Labute approximate surface area is 217 Å². The quantitative estimate of drug-likeness (QED) is 0.214. The number of benzene rings is 1. The molecular weight excluding hydrogens is 514 g/mol. The number of fused-ring (bicyclic) bond motifs is 1. The molecule has 0 radical (unpaired) electrons. The number of hydrogen-bond donors (Lipinski definition) is 4. The lowest BCUT2D eigenvalue weighted by Crippen LogP contribution is -2.44. The predicted octanol–water partition coefficient (Wildman–Crippen LogP) is 3.52. The Morgan fingerprint density at radius 1 is 1.13 bits per heavy atom. The Balaban J connectivity index is 1.54. The minimum atomic E-state index is -4.09. The van der Waals surface area contributed by atoms with Crippen molar-refractivity contribution in [2.45, 2.75) is 49.6 Å². The monoisotopic (exact) mass is 540 g/mol. The number of guanidine groups is 1. The van der Waals surface area contributed by atoms with Gasteiger partial charge in [-0.15, -0.1) is 0 Å². The van der Waals surface area contributed by atoms with Crippen LogP contribution in [0.4, 0.5) is 14.6 Å². The summed E-state index contributed by atoms with van der Waals surface area (Å²) in [6, 6.07) is 7.30. The summed E-state index contributed by atoms with van der Waals surface area (Å²) >= 11 is 0. The van der Waals surface area contributed by atoms with Gasteiger partial charge in [0.05, 0.1) is 17.3 Å². The lowest BCUT2D eigenvalue weighted by Gasteiger charge is -2.30. The van der Waals surface area contributed by atoms with Crippen molar-refractivity contribution >= 4 is 32.8 Å². The van der Waals surface area contributed by atoms with Crippen LogP contribution in [0.25, 0.3) is 22.4 Å². The van der Waals surface area contributed by atoms with E-state index in [1.807, 2.05) is 6.92 Å². The molecule has 198 valence electrons. The van der Waals surface area contributed by atoms with Gasteiger partial charge in [0.2, 0.25) is 0 Å². The Hall–Kier alpha value is -4.13. The molecule has 0 bridgehead atoms. The molecule has 5 N–H and O–H groups in total. The first-order chi connectivity index (χ1) is 18.1. The van der Waals surface area contributed by atoms with Gasteiger partial charge in [-0.3, -0.25) is 5.41 Å². The molecule has 1 saturated carbocycles. The second-order valence-corrected chi connectivity index (χ2v) is 11.1. The molecule has 3 aromatic heterocycles. The summed E-state index contributed by atoms with van der Waals surface area (Å²) in [7, 11) is -4.09. The summed E-state index contributed by atoms with van der Waals surface area (Å²) in [4.78, 5) is 12.5. The maximum Gasteiger partial charge on any atom is 0.269 e. The van der Waals surface area contributed by atoms with Crippen LogP contribution in [0.1, 0.15) is 31.2 Å². The molecule has 0 aliphatic heterocycles. The summed E-state index contributed by atoms with van der Waals surface area (Å²) in [6.07, 6.45) is 6.24. The highest BCUT2D eigenvalue weighted by atomic mass is 32.2. The van der Waals surface area contributed by atoms with E-state index in [0.29, 0.717) is 6.42 Å². The molecule has 4 aromatic rings. The van der Waals surface area contributed by atoms with Crippen LogP contribution in [-0.4, -0.2) is 45.4 Å². The number of nitrogens with two attached hydrogens (primary N) is 1. The fourth-order valence-electron chi connectivity index (χ4n) is 4.70. The summed E-state index contributed by atoms with van der Waals surface area (Å²) in [6.45, 7) is 1.84. The largest absolute Gasteiger partial charge is 0.370 e. The summed E-state index contributed by atoms with van der Waals surface area (Å²) in [5.74, 6) is -1.52. The maximum atomic E-state index is 14.7. The van der Waals surface area contributed by atoms with Crippen molar-refractivity contribution in [3.05, 3.63) is 66.1 Å². The van der Waals surface area contributed by atoms with E-state index < -0.39 is 21.7 Å². The number of aromatic nitrogens is 4. The van der Waals surface area contributed by atoms with Gasteiger partial charge in [-0.1, -0.05) is 17.7 Å². The highest BCUT2D eigenvalue weighted by Gasteiger charge is 2.26. The fourth-order valence-corrected chi connectivity index (χ4v) is 6.03. The molecule has 1 fully saturated rings. The van der Waals surface area contributed by atoms with Gasteiger partial charge in [0.15, 0.2) is 29.1 Å². The Morgan fingerprint density at radius 2 is 1.87 bits per heavy atom. The molecule has 2 atom stereocenters. The van der Waals surface area contributed by atoms with E-state index in [9.17, 15) is 17.2 Å². The number of hydrogen-bond acceptors (Lipinski definition) is 7. The highest BCUT2D eigenvalue weighted by Crippen LogP contribution is 2.32. The van der Waals surface area contributed by atoms with Gasteiger partial charge in [0, 0.05) is 29.2 Å². The van der Waals surface area contributed by atoms with Crippen molar-refractivity contribution in [3.8, 4) is 11.4 Å². The van der Waals surface area contributed by atoms with Gasteiger partial charge >= 0.3 is 0 Å². The van der Waals surface area contributed by atoms with Crippen LogP contribution in [0.3, 0.4) is 0 Å². The zero-order chi connectivity index (χ0) is 27.0. The Kier molecular flexibility index (Phi) is 6.69. The second-order valence-electron chi connectivity index (χ2n) is 9.33. The van der Waals surface area contributed by atoms with E-state index in [4.69, 9.17) is 11.1 Å².